The topological polar surface area (TPSA) is 29.9 Å². The first kappa shape index (κ1) is 10.7. The van der Waals surface area contributed by atoms with E-state index >= 15 is 0 Å². The second-order valence-corrected chi connectivity index (χ2v) is 4.99. The fraction of sp³-hybridized carbons (Fsp3) is 0.750. The lowest BCUT2D eigenvalue weighted by Gasteiger charge is -2.13. The van der Waals surface area contributed by atoms with Crippen molar-refractivity contribution >= 4 is 0 Å². The molecule has 0 amide bonds. The van der Waals surface area contributed by atoms with E-state index in [0.29, 0.717) is 5.92 Å². The molecule has 2 heterocycles. The molecule has 15 heavy (non-hydrogen) atoms. The number of hydrogen-bond donors (Lipinski definition) is 1. The van der Waals surface area contributed by atoms with Crippen molar-refractivity contribution in [1.82, 2.24) is 14.9 Å². The summed E-state index contributed by atoms with van der Waals surface area (Å²) < 4.78 is 2.31. The Balaban J connectivity index is 1.97. The van der Waals surface area contributed by atoms with E-state index in [2.05, 4.69) is 28.7 Å². The zero-order valence-electron chi connectivity index (χ0n) is 9.74. The van der Waals surface area contributed by atoms with Gasteiger partial charge in [-0.2, -0.15) is 0 Å². The molecule has 1 aliphatic rings. The molecule has 0 saturated carbocycles. The predicted octanol–water partition coefficient (Wildman–Crippen LogP) is 1.69. The molecule has 1 saturated heterocycles. The van der Waals surface area contributed by atoms with Gasteiger partial charge in [-0.3, -0.25) is 0 Å². The van der Waals surface area contributed by atoms with E-state index in [9.17, 15) is 0 Å². The van der Waals surface area contributed by atoms with Gasteiger partial charge in [0.05, 0.1) is 6.33 Å². The Bertz CT molecular complexity index is 298. The van der Waals surface area contributed by atoms with Crippen molar-refractivity contribution in [2.24, 2.45) is 11.8 Å². The lowest BCUT2D eigenvalue weighted by molar-refractivity contribution is 0.486. The van der Waals surface area contributed by atoms with Crippen LogP contribution in [0.4, 0.5) is 0 Å². The molecule has 1 unspecified atom stereocenters. The summed E-state index contributed by atoms with van der Waals surface area (Å²) in [7, 11) is 0. The summed E-state index contributed by atoms with van der Waals surface area (Å²) >= 11 is 0. The summed E-state index contributed by atoms with van der Waals surface area (Å²) in [5, 5.41) is 3.42. The molecule has 1 aromatic heterocycles. The van der Waals surface area contributed by atoms with Crippen LogP contribution in [0.2, 0.25) is 0 Å². The highest BCUT2D eigenvalue weighted by Crippen LogP contribution is 2.15. The fourth-order valence-electron chi connectivity index (χ4n) is 2.26. The molecule has 1 N–H and O–H groups in total. The Kier molecular flexibility index (Phi) is 3.41. The normalized spacial score (nSPS) is 21.4. The maximum absolute atomic E-state index is 4.26. The Labute approximate surface area is 91.9 Å². The molecule has 1 fully saturated rings. The molecule has 1 aromatic rings. The van der Waals surface area contributed by atoms with Gasteiger partial charge < -0.3 is 9.88 Å². The lowest BCUT2D eigenvalue weighted by Crippen LogP contribution is -2.14. The Morgan fingerprint density at radius 1 is 1.60 bits per heavy atom. The van der Waals surface area contributed by atoms with Crippen molar-refractivity contribution in [2.75, 3.05) is 13.1 Å². The molecule has 3 heteroatoms. The van der Waals surface area contributed by atoms with Crippen LogP contribution < -0.4 is 5.32 Å². The van der Waals surface area contributed by atoms with Gasteiger partial charge in [-0.15, -0.1) is 0 Å². The number of nitrogens with one attached hydrogen (secondary N) is 1. The van der Waals surface area contributed by atoms with Crippen LogP contribution in [0.1, 0.15) is 26.0 Å². The van der Waals surface area contributed by atoms with E-state index in [-0.39, 0.29) is 0 Å². The first-order valence-electron chi connectivity index (χ1n) is 5.95. The van der Waals surface area contributed by atoms with Crippen LogP contribution >= 0.6 is 0 Å². The first-order chi connectivity index (χ1) is 7.25. The lowest BCUT2D eigenvalue weighted by atomic mass is 10.0. The minimum absolute atomic E-state index is 0.694. The third kappa shape index (κ3) is 2.81. The third-order valence-electron chi connectivity index (χ3n) is 3.02. The first-order valence-corrected chi connectivity index (χ1v) is 5.95. The molecule has 1 aliphatic heterocycles. The van der Waals surface area contributed by atoms with Crippen molar-refractivity contribution < 1.29 is 0 Å². The van der Waals surface area contributed by atoms with Gasteiger partial charge in [-0.25, -0.2) is 4.98 Å². The van der Waals surface area contributed by atoms with E-state index in [0.717, 1.165) is 12.5 Å². The highest BCUT2D eigenvalue weighted by molar-refractivity contribution is 5.01. The number of rotatable bonds is 4. The average molecular weight is 207 g/mol. The van der Waals surface area contributed by atoms with Crippen molar-refractivity contribution in [3.05, 3.63) is 18.2 Å². The van der Waals surface area contributed by atoms with Gasteiger partial charge in [-0.1, -0.05) is 13.8 Å². The smallest absolute Gasteiger partial charge is 0.0948 e. The van der Waals surface area contributed by atoms with Crippen LogP contribution in [0.3, 0.4) is 0 Å². The summed E-state index contributed by atoms with van der Waals surface area (Å²) in [6.45, 7) is 7.95. The highest BCUT2D eigenvalue weighted by atomic mass is 15.0. The largest absolute Gasteiger partial charge is 0.334 e. The minimum Gasteiger partial charge on any atom is -0.334 e. The molecule has 0 aromatic carbocycles. The van der Waals surface area contributed by atoms with Gasteiger partial charge in [0.2, 0.25) is 0 Å². The second kappa shape index (κ2) is 4.79. The monoisotopic (exact) mass is 207 g/mol. The average Bonchev–Trinajstić information content (AvgIpc) is 2.78. The van der Waals surface area contributed by atoms with Crippen LogP contribution in [-0.2, 0) is 13.0 Å². The predicted molar refractivity (Wildman–Crippen MR) is 61.7 cm³/mol. The van der Waals surface area contributed by atoms with Crippen LogP contribution in [0, 0.1) is 11.8 Å². The van der Waals surface area contributed by atoms with Gasteiger partial charge in [0.25, 0.3) is 0 Å². The summed E-state index contributed by atoms with van der Waals surface area (Å²) in [6, 6.07) is 0. The molecule has 2 rings (SSSR count). The summed E-state index contributed by atoms with van der Waals surface area (Å²) in [6.07, 6.45) is 6.49. The molecule has 0 spiro atoms. The maximum Gasteiger partial charge on any atom is 0.0948 e. The van der Waals surface area contributed by atoms with Crippen molar-refractivity contribution in [1.29, 1.82) is 0 Å². The van der Waals surface area contributed by atoms with Crippen molar-refractivity contribution in [3.63, 3.8) is 0 Å². The zero-order valence-corrected chi connectivity index (χ0v) is 9.74. The summed E-state index contributed by atoms with van der Waals surface area (Å²) in [4.78, 5) is 4.26. The molecule has 84 valence electrons. The quantitative estimate of drug-likeness (QED) is 0.814. The summed E-state index contributed by atoms with van der Waals surface area (Å²) in [5.74, 6) is 1.51. The van der Waals surface area contributed by atoms with Gasteiger partial charge in [-0.05, 0) is 37.8 Å². The molecule has 3 nitrogen and oxygen atoms in total. The third-order valence-corrected chi connectivity index (χ3v) is 3.02. The number of hydrogen-bond acceptors (Lipinski definition) is 2. The fourth-order valence-corrected chi connectivity index (χ4v) is 2.26. The standard InChI is InChI=1S/C12H21N3/c1-10(2)8-15-9-14-7-12(15)5-11-3-4-13-6-11/h7,9-11,13H,3-6,8H2,1-2H3. The molecule has 1 atom stereocenters. The molecule has 0 bridgehead atoms. The van der Waals surface area contributed by atoms with Gasteiger partial charge in [0, 0.05) is 18.4 Å². The van der Waals surface area contributed by atoms with Crippen LogP contribution in [0.25, 0.3) is 0 Å². The molecule has 0 aliphatic carbocycles. The van der Waals surface area contributed by atoms with E-state index in [1.54, 1.807) is 0 Å². The van der Waals surface area contributed by atoms with E-state index in [1.807, 2.05) is 12.5 Å². The van der Waals surface area contributed by atoms with Crippen LogP contribution in [0.5, 0.6) is 0 Å². The van der Waals surface area contributed by atoms with Gasteiger partial charge in [0.15, 0.2) is 0 Å². The number of nitrogens with zero attached hydrogens (tertiary/aromatic N) is 2. The zero-order chi connectivity index (χ0) is 10.7. The molecular formula is C12H21N3. The maximum atomic E-state index is 4.26. The van der Waals surface area contributed by atoms with Crippen molar-refractivity contribution in [2.45, 2.75) is 33.2 Å². The van der Waals surface area contributed by atoms with Gasteiger partial charge in [0.1, 0.15) is 0 Å². The van der Waals surface area contributed by atoms with Gasteiger partial charge >= 0.3 is 0 Å². The minimum atomic E-state index is 0.694. The Morgan fingerprint density at radius 2 is 2.47 bits per heavy atom. The Morgan fingerprint density at radius 3 is 3.13 bits per heavy atom. The summed E-state index contributed by atoms with van der Waals surface area (Å²) in [5.41, 5.74) is 1.40. The number of aromatic nitrogens is 2. The van der Waals surface area contributed by atoms with E-state index in [4.69, 9.17) is 0 Å². The van der Waals surface area contributed by atoms with Crippen LogP contribution in [0.15, 0.2) is 12.5 Å². The SMILES string of the molecule is CC(C)Cn1cncc1CC1CCNC1. The highest BCUT2D eigenvalue weighted by Gasteiger charge is 2.16. The van der Waals surface area contributed by atoms with E-state index < -0.39 is 0 Å². The number of imidazole rings is 1. The van der Waals surface area contributed by atoms with Crippen LogP contribution in [-0.4, -0.2) is 22.6 Å². The molecular weight excluding hydrogens is 186 g/mol. The molecule has 0 radical (unpaired) electrons. The Hall–Kier alpha value is -0.830. The van der Waals surface area contributed by atoms with Crippen molar-refractivity contribution in [3.8, 4) is 0 Å². The second-order valence-electron chi connectivity index (χ2n) is 4.99. The van der Waals surface area contributed by atoms with E-state index in [1.165, 1.54) is 31.6 Å².